The fourth-order valence-electron chi connectivity index (χ4n) is 8.09. The lowest BCUT2D eigenvalue weighted by Gasteiger charge is -2.15. The van der Waals surface area contributed by atoms with Crippen LogP contribution in [0.2, 0.25) is 0 Å². The lowest BCUT2D eigenvalue weighted by molar-refractivity contribution is 1.14. The maximum atomic E-state index is 10.1. The van der Waals surface area contributed by atoms with E-state index in [2.05, 4.69) is 112 Å². The Bertz CT molecular complexity index is 3360. The summed E-state index contributed by atoms with van der Waals surface area (Å²) in [5.74, 6) is 0. The second-order valence-corrected chi connectivity index (χ2v) is 13.8. The Morgan fingerprint density at radius 2 is 0.911 bits per heavy atom. The van der Waals surface area contributed by atoms with Crippen molar-refractivity contribution in [1.82, 2.24) is 14.1 Å². The van der Waals surface area contributed by atoms with Crippen molar-refractivity contribution in [2.45, 2.75) is 0 Å². The molecule has 0 fully saturated rings. The Balaban J connectivity index is 1.16. The minimum atomic E-state index is 0.543. The molecule has 0 aliphatic rings. The van der Waals surface area contributed by atoms with Gasteiger partial charge in [0.05, 0.1) is 68.3 Å². The molecular formula is C50H28N6. The Labute approximate surface area is 322 Å². The summed E-state index contributed by atoms with van der Waals surface area (Å²) in [5.41, 5.74) is 13.4. The number of fused-ring (bicyclic) bond motifs is 6. The van der Waals surface area contributed by atoms with E-state index in [4.69, 9.17) is 4.98 Å². The van der Waals surface area contributed by atoms with E-state index in [9.17, 15) is 15.8 Å². The van der Waals surface area contributed by atoms with Crippen molar-refractivity contribution < 1.29 is 0 Å². The number of para-hydroxylation sites is 2. The molecule has 10 rings (SSSR count). The van der Waals surface area contributed by atoms with Crippen LogP contribution in [0, 0.1) is 34.0 Å². The zero-order valence-electron chi connectivity index (χ0n) is 29.8. The maximum Gasteiger partial charge on any atom is 0.0991 e. The van der Waals surface area contributed by atoms with Crippen LogP contribution in [0.4, 0.5) is 0 Å². The maximum absolute atomic E-state index is 10.1. The van der Waals surface area contributed by atoms with Crippen LogP contribution in [-0.2, 0) is 0 Å². The molecule has 56 heavy (non-hydrogen) atoms. The molecule has 0 atom stereocenters. The van der Waals surface area contributed by atoms with Crippen molar-refractivity contribution in [3.63, 3.8) is 0 Å². The largest absolute Gasteiger partial charge is 0.309 e. The quantitative estimate of drug-likeness (QED) is 0.177. The van der Waals surface area contributed by atoms with Gasteiger partial charge in [0.25, 0.3) is 0 Å². The number of pyridine rings is 1. The predicted octanol–water partition coefficient (Wildman–Crippen LogP) is 11.9. The number of hydrogen-bond acceptors (Lipinski definition) is 4. The highest BCUT2D eigenvalue weighted by Gasteiger charge is 2.19. The lowest BCUT2D eigenvalue weighted by Crippen LogP contribution is -2.00. The molecule has 0 aliphatic carbocycles. The lowest BCUT2D eigenvalue weighted by atomic mass is 10.0. The number of aromatic nitrogens is 3. The molecule has 0 unspecified atom stereocenters. The smallest absolute Gasteiger partial charge is 0.0991 e. The van der Waals surface area contributed by atoms with E-state index in [1.807, 2.05) is 85.1 Å². The summed E-state index contributed by atoms with van der Waals surface area (Å²) in [6.07, 6.45) is 1.84. The van der Waals surface area contributed by atoms with Crippen molar-refractivity contribution in [3.05, 3.63) is 187 Å². The minimum Gasteiger partial charge on any atom is -0.309 e. The van der Waals surface area contributed by atoms with Gasteiger partial charge in [-0.2, -0.15) is 15.8 Å². The van der Waals surface area contributed by atoms with Crippen molar-refractivity contribution in [2.75, 3.05) is 0 Å². The van der Waals surface area contributed by atoms with Crippen molar-refractivity contribution in [1.29, 1.82) is 15.8 Å². The van der Waals surface area contributed by atoms with Crippen LogP contribution >= 0.6 is 0 Å². The Hall–Kier alpha value is -8.24. The first-order valence-corrected chi connectivity index (χ1v) is 18.2. The van der Waals surface area contributed by atoms with Gasteiger partial charge < -0.3 is 9.13 Å². The molecule has 0 saturated carbocycles. The van der Waals surface area contributed by atoms with Crippen LogP contribution in [0.15, 0.2) is 170 Å². The van der Waals surface area contributed by atoms with E-state index in [1.54, 1.807) is 0 Å². The fraction of sp³-hybridized carbons (Fsp3) is 0. The molecular weight excluding hydrogens is 685 g/mol. The Morgan fingerprint density at radius 3 is 1.52 bits per heavy atom. The van der Waals surface area contributed by atoms with Gasteiger partial charge >= 0.3 is 0 Å². The fourth-order valence-corrected chi connectivity index (χ4v) is 8.09. The summed E-state index contributed by atoms with van der Waals surface area (Å²) in [6, 6.07) is 61.8. The molecule has 0 bridgehead atoms. The molecule has 0 aliphatic heterocycles. The SMILES string of the molecule is N#Cc1cccc(-c2ccc3c(c2)c2ccccc2n3-c2ccnc(-c3cc(C#N)ccc3-n3c4ccccc4c4cc(-c5cccc(C#N)c5)ccc43)c2)c1. The van der Waals surface area contributed by atoms with Crippen LogP contribution in [0.5, 0.6) is 0 Å². The van der Waals surface area contributed by atoms with Gasteiger partial charge in [0, 0.05) is 39.0 Å². The van der Waals surface area contributed by atoms with Crippen LogP contribution in [0.3, 0.4) is 0 Å². The van der Waals surface area contributed by atoms with Gasteiger partial charge in [0.15, 0.2) is 0 Å². The third-order valence-electron chi connectivity index (χ3n) is 10.6. The average Bonchev–Trinajstić information content (AvgIpc) is 3.78. The van der Waals surface area contributed by atoms with Gasteiger partial charge in [0.2, 0.25) is 0 Å². The molecule has 0 radical (unpaired) electrons. The third kappa shape index (κ3) is 5.20. The summed E-state index contributed by atoms with van der Waals surface area (Å²) >= 11 is 0. The van der Waals surface area contributed by atoms with Gasteiger partial charge in [-0.3, -0.25) is 4.98 Å². The highest BCUT2D eigenvalue weighted by molar-refractivity contribution is 6.12. The summed E-state index contributed by atoms with van der Waals surface area (Å²) < 4.78 is 4.52. The second-order valence-electron chi connectivity index (χ2n) is 13.8. The van der Waals surface area contributed by atoms with Crippen molar-refractivity contribution in [3.8, 4) is 63.1 Å². The van der Waals surface area contributed by atoms with Crippen LogP contribution in [-0.4, -0.2) is 14.1 Å². The summed E-state index contributed by atoms with van der Waals surface area (Å²) in [5, 5.41) is 33.6. The molecule has 6 nitrogen and oxygen atoms in total. The van der Waals surface area contributed by atoms with E-state index in [0.717, 1.165) is 88.5 Å². The number of nitrogens with zero attached hydrogens (tertiary/aromatic N) is 6. The zero-order valence-corrected chi connectivity index (χ0v) is 29.8. The van der Waals surface area contributed by atoms with Gasteiger partial charge in [0.1, 0.15) is 0 Å². The van der Waals surface area contributed by atoms with Gasteiger partial charge in [-0.15, -0.1) is 0 Å². The highest BCUT2D eigenvalue weighted by atomic mass is 15.0. The molecule has 6 heteroatoms. The van der Waals surface area contributed by atoms with Crippen molar-refractivity contribution >= 4 is 43.6 Å². The van der Waals surface area contributed by atoms with Crippen molar-refractivity contribution in [2.24, 2.45) is 0 Å². The van der Waals surface area contributed by atoms with Gasteiger partial charge in [-0.25, -0.2) is 0 Å². The topological polar surface area (TPSA) is 94.1 Å². The number of benzene rings is 7. The summed E-state index contributed by atoms with van der Waals surface area (Å²) in [6.45, 7) is 0. The average molecular weight is 713 g/mol. The standard InChI is InChI=1S/C50H28N6/c51-29-32-7-5-9-35(23-32)37-16-19-48-42(26-37)40-11-1-3-13-46(40)55(48)39-21-22-54-45(28-39)44-25-34(31-53)15-18-50(44)56-47-14-4-2-12-41(47)43-27-38(17-20-49(43)56)36-10-6-8-33(24-36)30-52/h1-28H. The van der Waals surface area contributed by atoms with Crippen LogP contribution in [0.25, 0.3) is 88.5 Å². The summed E-state index contributed by atoms with van der Waals surface area (Å²) in [4.78, 5) is 4.94. The zero-order chi connectivity index (χ0) is 37.8. The third-order valence-corrected chi connectivity index (χ3v) is 10.6. The summed E-state index contributed by atoms with van der Waals surface area (Å²) in [7, 11) is 0. The van der Waals surface area contributed by atoms with E-state index in [1.165, 1.54) is 0 Å². The highest BCUT2D eigenvalue weighted by Crippen LogP contribution is 2.40. The van der Waals surface area contributed by atoms with Gasteiger partial charge in [-0.1, -0.05) is 72.8 Å². The number of nitriles is 3. The van der Waals surface area contributed by atoms with E-state index in [-0.39, 0.29) is 0 Å². The molecule has 10 aromatic rings. The molecule has 3 heterocycles. The van der Waals surface area contributed by atoms with E-state index >= 15 is 0 Å². The first-order chi connectivity index (χ1) is 27.6. The molecule has 7 aromatic carbocycles. The molecule has 0 N–H and O–H groups in total. The first kappa shape index (κ1) is 32.4. The molecule has 0 saturated heterocycles. The van der Waals surface area contributed by atoms with Crippen LogP contribution < -0.4 is 0 Å². The normalized spacial score (nSPS) is 11.2. The minimum absolute atomic E-state index is 0.543. The number of hydrogen-bond donors (Lipinski definition) is 0. The monoisotopic (exact) mass is 712 g/mol. The van der Waals surface area contributed by atoms with Gasteiger partial charge in [-0.05, 0) is 113 Å². The molecule has 3 aromatic heterocycles. The second kappa shape index (κ2) is 13.0. The Kier molecular flexibility index (Phi) is 7.53. The first-order valence-electron chi connectivity index (χ1n) is 18.2. The predicted molar refractivity (Wildman–Crippen MR) is 223 cm³/mol. The van der Waals surface area contributed by atoms with E-state index < -0.39 is 0 Å². The molecule has 0 spiro atoms. The number of rotatable bonds is 5. The molecule has 0 amide bonds. The van der Waals surface area contributed by atoms with Crippen LogP contribution in [0.1, 0.15) is 16.7 Å². The molecule has 258 valence electrons. The van der Waals surface area contributed by atoms with E-state index in [0.29, 0.717) is 16.7 Å². The Morgan fingerprint density at radius 1 is 0.393 bits per heavy atom.